The largest absolute Gasteiger partial charge is 0.491 e. The maximum atomic E-state index is 13.6. The maximum absolute atomic E-state index is 13.6. The number of hydrogen-bond donors (Lipinski definition) is 0. The molecule has 2 aromatic heterocycles. The van der Waals surface area contributed by atoms with Gasteiger partial charge in [0, 0.05) is 4.88 Å². The lowest BCUT2D eigenvalue weighted by molar-refractivity contribution is -0.139. The molecule has 34 heavy (non-hydrogen) atoms. The van der Waals surface area contributed by atoms with Crippen molar-refractivity contribution in [2.24, 2.45) is 4.99 Å². The summed E-state index contributed by atoms with van der Waals surface area (Å²) in [6.45, 7) is 6.06. The molecule has 0 radical (unpaired) electrons. The number of aromatic nitrogens is 1. The number of halogens is 1. The molecular weight excluding hydrogens is 496 g/mol. The fourth-order valence-corrected chi connectivity index (χ4v) is 5.96. The molecule has 0 amide bonds. The van der Waals surface area contributed by atoms with Crippen LogP contribution in [-0.2, 0) is 9.53 Å². The molecule has 0 spiro atoms. The number of fused-ring (bicyclic) bond motifs is 1. The van der Waals surface area contributed by atoms with Crippen LogP contribution in [0.1, 0.15) is 37.3 Å². The molecule has 0 N–H and O–H groups in total. The van der Waals surface area contributed by atoms with Crippen LogP contribution in [0.25, 0.3) is 6.08 Å². The van der Waals surface area contributed by atoms with Crippen LogP contribution in [0.4, 0.5) is 0 Å². The molecule has 4 rings (SSSR count). The maximum Gasteiger partial charge on any atom is 0.338 e. The van der Waals surface area contributed by atoms with Crippen molar-refractivity contribution in [1.82, 2.24) is 4.57 Å². The second-order valence-electron chi connectivity index (χ2n) is 7.28. The van der Waals surface area contributed by atoms with Gasteiger partial charge in [0.25, 0.3) is 5.56 Å². The van der Waals surface area contributed by atoms with E-state index in [-0.39, 0.29) is 12.2 Å². The molecule has 0 saturated heterocycles. The first-order chi connectivity index (χ1) is 16.4. The fraction of sp³-hybridized carbons (Fsp3) is 0.292. The number of thiazole rings is 1. The van der Waals surface area contributed by atoms with Crippen LogP contribution >= 0.6 is 34.3 Å². The molecule has 1 aromatic carbocycles. The van der Waals surface area contributed by atoms with Gasteiger partial charge >= 0.3 is 5.97 Å². The Morgan fingerprint density at radius 2 is 2.09 bits per heavy atom. The number of esters is 1. The predicted octanol–water partition coefficient (Wildman–Crippen LogP) is 3.92. The van der Waals surface area contributed by atoms with E-state index in [9.17, 15) is 9.59 Å². The number of nitrogens with zero attached hydrogens (tertiary/aromatic N) is 2. The summed E-state index contributed by atoms with van der Waals surface area (Å²) in [6, 6.07) is 6.69. The molecule has 178 valence electrons. The number of thiophene rings is 1. The summed E-state index contributed by atoms with van der Waals surface area (Å²) in [5, 5.41) is 2.29. The average molecular weight is 519 g/mol. The van der Waals surface area contributed by atoms with E-state index < -0.39 is 12.0 Å². The van der Waals surface area contributed by atoms with Gasteiger partial charge < -0.3 is 14.2 Å². The molecule has 1 aliphatic rings. The summed E-state index contributed by atoms with van der Waals surface area (Å²) in [7, 11) is 1.52. The summed E-state index contributed by atoms with van der Waals surface area (Å²) >= 11 is 9.12. The molecule has 0 saturated carbocycles. The van der Waals surface area contributed by atoms with E-state index in [4.69, 9.17) is 25.8 Å². The van der Waals surface area contributed by atoms with Crippen molar-refractivity contribution in [2.75, 3.05) is 20.3 Å². The van der Waals surface area contributed by atoms with E-state index in [1.807, 2.05) is 24.4 Å². The van der Waals surface area contributed by atoms with E-state index in [0.717, 1.165) is 4.88 Å². The van der Waals surface area contributed by atoms with E-state index in [1.54, 1.807) is 36.6 Å². The number of methoxy groups -OCH3 is 1. The van der Waals surface area contributed by atoms with Crippen LogP contribution in [0, 0.1) is 0 Å². The number of ether oxygens (including phenoxy) is 3. The third kappa shape index (κ3) is 4.43. The smallest absolute Gasteiger partial charge is 0.338 e. The lowest BCUT2D eigenvalue weighted by Gasteiger charge is -2.23. The zero-order chi connectivity index (χ0) is 24.4. The van der Waals surface area contributed by atoms with Gasteiger partial charge in [0.05, 0.1) is 41.1 Å². The normalized spacial score (nSPS) is 15.7. The van der Waals surface area contributed by atoms with Crippen molar-refractivity contribution in [1.29, 1.82) is 0 Å². The zero-order valence-corrected chi connectivity index (χ0v) is 21.5. The minimum atomic E-state index is -0.601. The van der Waals surface area contributed by atoms with E-state index >= 15 is 0 Å². The Morgan fingerprint density at radius 3 is 2.74 bits per heavy atom. The third-order valence-electron chi connectivity index (χ3n) is 5.16. The molecule has 3 heterocycles. The highest BCUT2D eigenvalue weighted by Gasteiger charge is 2.33. The standard InChI is InChI=1S/C24H23ClN2O5S2/c1-5-31-16-11-14(10-15(25)21(16)30-4)12-18-22(28)27-20(17-8-7-9-33-17)19(23(29)32-6-2)13(3)26-24(27)34-18/h7-12,20H,5-6H2,1-4H3. The number of carbonyl (C=O) groups excluding carboxylic acids is 1. The number of hydrogen-bond acceptors (Lipinski definition) is 8. The van der Waals surface area contributed by atoms with E-state index in [2.05, 4.69) is 4.99 Å². The van der Waals surface area contributed by atoms with Gasteiger partial charge in [-0.3, -0.25) is 9.36 Å². The molecule has 7 nitrogen and oxygen atoms in total. The van der Waals surface area contributed by atoms with Crippen LogP contribution < -0.4 is 24.4 Å². The highest BCUT2D eigenvalue weighted by Crippen LogP contribution is 2.37. The molecule has 10 heteroatoms. The molecule has 0 fully saturated rings. The lowest BCUT2D eigenvalue weighted by atomic mass is 10.0. The first-order valence-electron chi connectivity index (χ1n) is 10.6. The van der Waals surface area contributed by atoms with E-state index in [1.165, 1.54) is 29.8 Å². The highest BCUT2D eigenvalue weighted by atomic mass is 35.5. The van der Waals surface area contributed by atoms with Crippen LogP contribution in [0.5, 0.6) is 11.5 Å². The molecule has 0 bridgehead atoms. The van der Waals surface area contributed by atoms with Crippen LogP contribution in [0.2, 0.25) is 5.02 Å². The first-order valence-corrected chi connectivity index (χ1v) is 12.7. The molecule has 3 aromatic rings. The van der Waals surface area contributed by atoms with Gasteiger partial charge in [0.15, 0.2) is 16.3 Å². The summed E-state index contributed by atoms with van der Waals surface area (Å²) < 4.78 is 18.3. The Morgan fingerprint density at radius 1 is 1.29 bits per heavy atom. The van der Waals surface area contributed by atoms with Crippen molar-refractivity contribution in [2.45, 2.75) is 26.8 Å². The zero-order valence-electron chi connectivity index (χ0n) is 19.1. The van der Waals surface area contributed by atoms with Gasteiger partial charge in [-0.05, 0) is 56.0 Å². The van der Waals surface area contributed by atoms with Crippen molar-refractivity contribution in [3.05, 3.63) is 76.1 Å². The summed E-state index contributed by atoms with van der Waals surface area (Å²) in [5.74, 6) is 0.461. The quantitative estimate of drug-likeness (QED) is 0.443. The second kappa shape index (κ2) is 10.2. The van der Waals surface area contributed by atoms with Gasteiger partial charge in [-0.1, -0.05) is 29.0 Å². The van der Waals surface area contributed by atoms with Gasteiger partial charge in [-0.2, -0.15) is 0 Å². The second-order valence-corrected chi connectivity index (χ2v) is 9.68. The highest BCUT2D eigenvalue weighted by molar-refractivity contribution is 7.10. The first kappa shape index (κ1) is 24.3. The van der Waals surface area contributed by atoms with E-state index in [0.29, 0.717) is 49.3 Å². The fourth-order valence-electron chi connectivity index (χ4n) is 3.79. The van der Waals surface area contributed by atoms with Crippen molar-refractivity contribution in [3.63, 3.8) is 0 Å². The SMILES string of the molecule is CCOC(=O)C1=C(C)N=c2sc(=Cc3cc(Cl)c(OC)c(OCC)c3)c(=O)n2C1c1cccs1. The molecule has 1 aliphatic heterocycles. The predicted molar refractivity (Wildman–Crippen MR) is 134 cm³/mol. The number of rotatable bonds is 7. The Hall–Kier alpha value is -2.88. The van der Waals surface area contributed by atoms with Gasteiger partial charge in [-0.15, -0.1) is 11.3 Å². The average Bonchev–Trinajstić information content (AvgIpc) is 3.42. The summed E-state index contributed by atoms with van der Waals surface area (Å²) in [4.78, 5) is 32.4. The number of carbonyl (C=O) groups is 1. The van der Waals surface area contributed by atoms with Crippen molar-refractivity contribution < 1.29 is 19.0 Å². The molecule has 1 atom stereocenters. The topological polar surface area (TPSA) is 79.1 Å². The van der Waals surface area contributed by atoms with Gasteiger partial charge in [-0.25, -0.2) is 9.79 Å². The van der Waals surface area contributed by atoms with Gasteiger partial charge in [0.2, 0.25) is 0 Å². The van der Waals surface area contributed by atoms with Crippen LogP contribution in [0.15, 0.2) is 50.7 Å². The van der Waals surface area contributed by atoms with Crippen molar-refractivity contribution >= 4 is 46.3 Å². The Labute approximate surface area is 209 Å². The summed E-state index contributed by atoms with van der Waals surface area (Å²) in [6.07, 6.45) is 1.74. The minimum absolute atomic E-state index is 0.234. The van der Waals surface area contributed by atoms with Crippen molar-refractivity contribution in [3.8, 4) is 11.5 Å². The van der Waals surface area contributed by atoms with Crippen LogP contribution in [-0.4, -0.2) is 30.9 Å². The molecule has 1 unspecified atom stereocenters. The number of benzene rings is 1. The summed E-state index contributed by atoms with van der Waals surface area (Å²) in [5.41, 5.74) is 1.35. The molecular formula is C24H23ClN2O5S2. The molecule has 0 aliphatic carbocycles. The Kier molecular flexibility index (Phi) is 7.25. The minimum Gasteiger partial charge on any atom is -0.491 e. The monoisotopic (exact) mass is 518 g/mol. The third-order valence-corrected chi connectivity index (χ3v) is 7.35. The Bertz CT molecular complexity index is 1440. The Balaban J connectivity index is 1.91. The van der Waals surface area contributed by atoms with Crippen LogP contribution in [0.3, 0.4) is 0 Å². The van der Waals surface area contributed by atoms with Gasteiger partial charge in [0.1, 0.15) is 6.04 Å². The number of allylic oxidation sites excluding steroid dienone is 1. The lowest BCUT2D eigenvalue weighted by Crippen LogP contribution is -2.39.